The van der Waals surface area contributed by atoms with Gasteiger partial charge in [0.1, 0.15) is 30.2 Å². The SMILES string of the molecule is CCCC[C@H](NC(C)=O)C(=O)N[C@H]1CCC(=O)NCC[C@@H](C(=O)N[C@@H](Cc2ccc3ccccc3c2)C(N)=O)CC(=O)[C@H](CCCN=C(N)N)NC(=O)[C@@H](Cc2ccccc2)NC(=O)[C@H](Cc2cnc[nH]2)NC1=O. The molecule has 3 aromatic carbocycles. The smallest absolute Gasteiger partial charge is 0.243 e. The number of guanidine groups is 1. The van der Waals surface area contributed by atoms with Crippen molar-refractivity contribution in [2.24, 2.45) is 28.1 Å². The van der Waals surface area contributed by atoms with Gasteiger partial charge in [0.2, 0.25) is 47.3 Å². The zero-order chi connectivity index (χ0) is 53.6. The fourth-order valence-electron chi connectivity index (χ4n) is 8.56. The molecule has 1 saturated heterocycles. The van der Waals surface area contributed by atoms with E-state index in [0.29, 0.717) is 29.7 Å². The van der Waals surface area contributed by atoms with E-state index in [1.54, 1.807) is 30.3 Å². The average Bonchev–Trinajstić information content (AvgIpc) is 3.89. The number of imidazole rings is 1. The van der Waals surface area contributed by atoms with Crippen LogP contribution in [0.2, 0.25) is 0 Å². The Hall–Kier alpha value is -8.17. The van der Waals surface area contributed by atoms with Gasteiger partial charge in [-0.15, -0.1) is 0 Å². The van der Waals surface area contributed by atoms with Crippen molar-refractivity contribution in [3.63, 3.8) is 0 Å². The summed E-state index contributed by atoms with van der Waals surface area (Å²) in [4.78, 5) is 136. The molecule has 8 amide bonds. The quantitative estimate of drug-likeness (QED) is 0.0339. The van der Waals surface area contributed by atoms with Crippen molar-refractivity contribution in [2.75, 3.05) is 13.1 Å². The van der Waals surface area contributed by atoms with Crippen LogP contribution >= 0.6 is 0 Å². The predicted octanol–water partition coefficient (Wildman–Crippen LogP) is 0.124. The summed E-state index contributed by atoms with van der Waals surface area (Å²) < 4.78 is 0. The number of benzene rings is 3. The Kier molecular flexibility index (Phi) is 22.1. The zero-order valence-electron chi connectivity index (χ0n) is 41.8. The van der Waals surface area contributed by atoms with Crippen LogP contribution in [0.4, 0.5) is 0 Å². The molecule has 7 atom stereocenters. The molecule has 0 radical (unpaired) electrons. The number of hydrogen-bond donors (Lipinski definition) is 11. The number of fused-ring (bicyclic) bond motifs is 1. The number of Topliss-reactive ketones (excluding diaryl/α,β-unsaturated/α-hetero) is 1. The number of hydrogen-bond acceptors (Lipinski definition) is 11. The second-order valence-corrected chi connectivity index (χ2v) is 18.5. The molecular weight excluding hydrogens is 951 g/mol. The van der Waals surface area contributed by atoms with Crippen molar-refractivity contribution in [1.82, 2.24) is 47.2 Å². The molecule has 1 aliphatic heterocycles. The van der Waals surface area contributed by atoms with Gasteiger partial charge in [-0.1, -0.05) is 92.6 Å². The molecular formula is C52H69N13O9. The van der Waals surface area contributed by atoms with Gasteiger partial charge in [-0.05, 0) is 54.0 Å². The maximum absolute atomic E-state index is 14.6. The van der Waals surface area contributed by atoms with Gasteiger partial charge in [0, 0.05) is 69.9 Å². The molecule has 0 saturated carbocycles. The average molecular weight is 1020 g/mol. The van der Waals surface area contributed by atoms with Gasteiger partial charge in [-0.3, -0.25) is 48.1 Å². The maximum Gasteiger partial charge on any atom is 0.243 e. The highest BCUT2D eigenvalue weighted by Crippen LogP contribution is 2.19. The monoisotopic (exact) mass is 1020 g/mol. The number of amides is 8. The Morgan fingerprint density at radius 3 is 2.14 bits per heavy atom. The summed E-state index contributed by atoms with van der Waals surface area (Å²) in [7, 11) is 0. The lowest BCUT2D eigenvalue weighted by molar-refractivity contribution is -0.135. The van der Waals surface area contributed by atoms with Gasteiger partial charge < -0.3 is 59.4 Å². The van der Waals surface area contributed by atoms with E-state index in [1.165, 1.54) is 19.4 Å². The second kappa shape index (κ2) is 28.8. The lowest BCUT2D eigenvalue weighted by Crippen LogP contribution is -2.59. The number of aliphatic imine (C=N–C) groups is 1. The van der Waals surface area contributed by atoms with E-state index in [0.717, 1.165) is 10.8 Å². The van der Waals surface area contributed by atoms with Crippen molar-refractivity contribution < 1.29 is 43.2 Å². The maximum atomic E-state index is 14.6. The number of primary amides is 1. The zero-order valence-corrected chi connectivity index (χ0v) is 41.8. The Morgan fingerprint density at radius 2 is 1.46 bits per heavy atom. The molecule has 396 valence electrons. The number of nitrogens with one attached hydrogen (secondary N) is 8. The van der Waals surface area contributed by atoms with Crippen LogP contribution in [0.5, 0.6) is 0 Å². The number of rotatable bonds is 19. The predicted molar refractivity (Wildman–Crippen MR) is 276 cm³/mol. The lowest BCUT2D eigenvalue weighted by Gasteiger charge is -2.27. The third kappa shape index (κ3) is 18.5. The molecule has 0 aliphatic carbocycles. The summed E-state index contributed by atoms with van der Waals surface area (Å²) in [5, 5.41) is 20.9. The van der Waals surface area contributed by atoms with E-state index in [1.807, 2.05) is 49.4 Å². The van der Waals surface area contributed by atoms with Gasteiger partial charge in [0.05, 0.1) is 12.4 Å². The topological polar surface area (TPSA) is 357 Å². The number of ketones is 1. The number of H-pyrrole nitrogens is 1. The molecule has 1 fully saturated rings. The molecule has 5 rings (SSSR count). The normalized spacial score (nSPS) is 20.1. The van der Waals surface area contributed by atoms with E-state index in [2.05, 4.69) is 52.2 Å². The van der Waals surface area contributed by atoms with E-state index >= 15 is 0 Å². The van der Waals surface area contributed by atoms with Gasteiger partial charge in [0.25, 0.3) is 0 Å². The highest BCUT2D eigenvalue weighted by Gasteiger charge is 2.35. The summed E-state index contributed by atoms with van der Waals surface area (Å²) in [5.74, 6) is -7.69. The number of carbonyl (C=O) groups is 9. The third-order valence-electron chi connectivity index (χ3n) is 12.6. The summed E-state index contributed by atoms with van der Waals surface area (Å²) >= 11 is 0. The molecule has 1 aliphatic rings. The van der Waals surface area contributed by atoms with Crippen molar-refractivity contribution >= 4 is 69.8 Å². The van der Waals surface area contributed by atoms with E-state index in [4.69, 9.17) is 17.2 Å². The molecule has 22 heteroatoms. The summed E-state index contributed by atoms with van der Waals surface area (Å²) in [6.07, 6.45) is 3.14. The second-order valence-electron chi connectivity index (χ2n) is 18.5. The molecule has 14 N–H and O–H groups in total. The van der Waals surface area contributed by atoms with Crippen LogP contribution in [0.1, 0.15) is 88.5 Å². The first kappa shape index (κ1) is 56.7. The van der Waals surface area contributed by atoms with Crippen LogP contribution in [0.3, 0.4) is 0 Å². The molecule has 0 unspecified atom stereocenters. The van der Waals surface area contributed by atoms with Gasteiger partial charge in [-0.25, -0.2) is 4.98 Å². The molecule has 22 nitrogen and oxygen atoms in total. The van der Waals surface area contributed by atoms with Crippen LogP contribution in [-0.2, 0) is 62.4 Å². The number of nitrogens with zero attached hydrogens (tertiary/aromatic N) is 2. The van der Waals surface area contributed by atoms with Gasteiger partial charge in [0.15, 0.2) is 11.7 Å². The van der Waals surface area contributed by atoms with Gasteiger partial charge in [-0.2, -0.15) is 0 Å². The minimum absolute atomic E-state index is 0.00282. The van der Waals surface area contributed by atoms with Crippen LogP contribution in [-0.4, -0.2) is 118 Å². The standard InChI is InChI=1S/C52H69N13O9/c1-3-4-15-39(60-31(2)66)48(71)62-40-19-20-45(68)57-23-21-36(47(70)63-41(46(53)69)26-33-17-18-34-13-8-9-14-35(34)24-33)27-44(67)38(16-10-22-58-52(54)55)61-50(73)42(25-32-11-6-5-7-12-32)64-51(74)43(65-49(40)72)28-37-29-56-30-59-37/h5-9,11-14,17-18,24,29-30,36,38-43H,3-4,10,15-16,19-23,25-28H2,1-2H3,(H2,53,69)(H,56,59)(H,57,68)(H,60,66)(H,61,73)(H,62,71)(H,63,70)(H,64,74)(H,65,72)(H4,54,55,58)/t36-,38+,39+,40+,41+,42-,43+/m1/s1. The van der Waals surface area contributed by atoms with Crippen molar-refractivity contribution in [1.29, 1.82) is 0 Å². The van der Waals surface area contributed by atoms with Crippen LogP contribution in [0.25, 0.3) is 10.8 Å². The molecule has 74 heavy (non-hydrogen) atoms. The Labute approximate surface area is 429 Å². The molecule has 0 bridgehead atoms. The van der Waals surface area contributed by atoms with Crippen molar-refractivity contribution in [2.45, 2.75) is 127 Å². The van der Waals surface area contributed by atoms with Crippen molar-refractivity contribution in [3.8, 4) is 0 Å². The molecule has 4 aromatic rings. The van der Waals surface area contributed by atoms with Crippen molar-refractivity contribution in [3.05, 3.63) is 102 Å². The molecule has 2 heterocycles. The lowest BCUT2D eigenvalue weighted by atomic mass is 9.91. The first-order chi connectivity index (χ1) is 35.5. The number of aromatic nitrogens is 2. The Morgan fingerprint density at radius 1 is 0.770 bits per heavy atom. The number of unbranched alkanes of at least 4 members (excludes halogenated alkanes) is 1. The summed E-state index contributed by atoms with van der Waals surface area (Å²) in [6.45, 7) is 3.09. The summed E-state index contributed by atoms with van der Waals surface area (Å²) in [5.41, 5.74) is 18.8. The first-order valence-electron chi connectivity index (χ1n) is 24.9. The van der Waals surface area contributed by atoms with E-state index in [-0.39, 0.29) is 76.8 Å². The molecule has 1 aromatic heterocycles. The number of carbonyl (C=O) groups excluding carboxylic acids is 9. The Bertz CT molecular complexity index is 2610. The number of aromatic amines is 1. The Balaban J connectivity index is 1.52. The van der Waals surface area contributed by atoms with E-state index < -0.39 is 102 Å². The first-order valence-corrected chi connectivity index (χ1v) is 24.9. The highest BCUT2D eigenvalue weighted by atomic mass is 16.2. The molecule has 0 spiro atoms. The fourth-order valence-corrected chi connectivity index (χ4v) is 8.56. The minimum Gasteiger partial charge on any atom is -0.370 e. The highest BCUT2D eigenvalue weighted by molar-refractivity contribution is 5.98. The third-order valence-corrected chi connectivity index (χ3v) is 12.6. The largest absolute Gasteiger partial charge is 0.370 e. The minimum atomic E-state index is -1.42. The fraction of sp³-hybridized carbons (Fsp3) is 0.442. The van der Waals surface area contributed by atoms with Crippen LogP contribution < -0.4 is 54.4 Å². The van der Waals surface area contributed by atoms with E-state index in [9.17, 15) is 43.2 Å². The summed E-state index contributed by atoms with van der Waals surface area (Å²) in [6, 6.07) is 14.3. The van der Waals surface area contributed by atoms with Crippen LogP contribution in [0, 0.1) is 5.92 Å². The van der Waals surface area contributed by atoms with Gasteiger partial charge >= 0.3 is 0 Å². The van der Waals surface area contributed by atoms with Crippen LogP contribution in [0.15, 0.2) is 90.3 Å². The number of nitrogens with two attached hydrogens (primary N) is 3.